The van der Waals surface area contributed by atoms with Crippen LogP contribution in [0.4, 0.5) is 5.69 Å². The van der Waals surface area contributed by atoms with E-state index in [1.807, 2.05) is 12.1 Å². The van der Waals surface area contributed by atoms with Crippen molar-refractivity contribution < 1.29 is 9.53 Å². The Balaban J connectivity index is 1.65. The molecule has 2 N–H and O–H groups in total. The maximum atomic E-state index is 11.9. The fourth-order valence-corrected chi connectivity index (χ4v) is 2.22. The summed E-state index contributed by atoms with van der Waals surface area (Å²) in [6, 6.07) is 7.27. The van der Waals surface area contributed by atoms with E-state index in [4.69, 9.17) is 4.74 Å². The molecule has 0 saturated heterocycles. The van der Waals surface area contributed by atoms with Crippen molar-refractivity contribution in [2.24, 2.45) is 0 Å². The number of aromatic amines is 1. The molecule has 1 amide bonds. The summed E-state index contributed by atoms with van der Waals surface area (Å²) in [7, 11) is 0. The lowest BCUT2D eigenvalue weighted by Gasteiger charge is -2.08. The number of pyridine rings is 1. The minimum absolute atomic E-state index is 0.0983. The summed E-state index contributed by atoms with van der Waals surface area (Å²) in [5, 5.41) is 2.78. The first-order chi connectivity index (χ1) is 10.2. The molecule has 0 aliphatic rings. The Hall–Kier alpha value is -2.41. The first kappa shape index (κ1) is 13.6. The smallest absolute Gasteiger partial charge is 0.262 e. The second-order valence-corrected chi connectivity index (χ2v) is 5.20. The van der Waals surface area contributed by atoms with Crippen LogP contribution in [0.1, 0.15) is 0 Å². The highest BCUT2D eigenvalue weighted by Crippen LogP contribution is 2.20. The van der Waals surface area contributed by atoms with E-state index in [2.05, 4.69) is 36.2 Å². The monoisotopic (exact) mass is 346 g/mol. The van der Waals surface area contributed by atoms with Crippen molar-refractivity contribution in [1.29, 1.82) is 0 Å². The summed E-state index contributed by atoms with van der Waals surface area (Å²) < 4.78 is 6.17. The van der Waals surface area contributed by atoms with E-state index in [1.54, 1.807) is 30.9 Å². The highest BCUT2D eigenvalue weighted by Gasteiger charge is 2.08. The lowest BCUT2D eigenvalue weighted by molar-refractivity contribution is -0.118. The molecular weight excluding hydrogens is 336 g/mol. The maximum absolute atomic E-state index is 11.9. The van der Waals surface area contributed by atoms with E-state index in [-0.39, 0.29) is 12.5 Å². The van der Waals surface area contributed by atoms with E-state index in [0.717, 1.165) is 15.5 Å². The Morgan fingerprint density at radius 1 is 1.38 bits per heavy atom. The summed E-state index contributed by atoms with van der Waals surface area (Å²) in [6.07, 6.45) is 4.78. The SMILES string of the molecule is O=C(COc1cncc(Br)c1)Nc1cccc2[nH]cnc12. The number of fused-ring (bicyclic) bond motifs is 1. The molecule has 0 bridgehead atoms. The van der Waals surface area contributed by atoms with Crippen LogP contribution in [-0.4, -0.2) is 27.5 Å². The van der Waals surface area contributed by atoms with Gasteiger partial charge < -0.3 is 15.0 Å². The molecule has 6 nitrogen and oxygen atoms in total. The van der Waals surface area contributed by atoms with Crippen molar-refractivity contribution >= 4 is 38.6 Å². The number of hydrogen-bond acceptors (Lipinski definition) is 4. The number of imidazole rings is 1. The average Bonchev–Trinajstić information content (AvgIpc) is 2.95. The molecule has 0 saturated carbocycles. The zero-order chi connectivity index (χ0) is 14.7. The molecule has 3 aromatic rings. The Morgan fingerprint density at radius 3 is 3.14 bits per heavy atom. The normalized spacial score (nSPS) is 10.5. The second-order valence-electron chi connectivity index (χ2n) is 4.28. The largest absolute Gasteiger partial charge is 0.482 e. The molecule has 2 heterocycles. The van der Waals surface area contributed by atoms with Crippen molar-refractivity contribution in [1.82, 2.24) is 15.0 Å². The van der Waals surface area contributed by atoms with Crippen molar-refractivity contribution in [3.05, 3.63) is 47.5 Å². The summed E-state index contributed by atoms with van der Waals surface area (Å²) >= 11 is 3.29. The number of para-hydroxylation sites is 1. The number of H-pyrrole nitrogens is 1. The zero-order valence-electron chi connectivity index (χ0n) is 10.8. The molecule has 2 aromatic heterocycles. The van der Waals surface area contributed by atoms with Crippen LogP contribution in [0.15, 0.2) is 47.5 Å². The third kappa shape index (κ3) is 3.19. The predicted molar refractivity (Wildman–Crippen MR) is 82.2 cm³/mol. The van der Waals surface area contributed by atoms with E-state index in [1.165, 1.54) is 0 Å². The number of hydrogen-bond donors (Lipinski definition) is 2. The minimum atomic E-state index is -0.259. The van der Waals surface area contributed by atoms with E-state index in [0.29, 0.717) is 11.4 Å². The molecule has 0 radical (unpaired) electrons. The van der Waals surface area contributed by atoms with Gasteiger partial charge in [0.25, 0.3) is 5.91 Å². The van der Waals surface area contributed by atoms with Gasteiger partial charge >= 0.3 is 0 Å². The number of benzene rings is 1. The molecule has 106 valence electrons. The van der Waals surface area contributed by atoms with Crippen LogP contribution in [0, 0.1) is 0 Å². The molecular formula is C14H11BrN4O2. The van der Waals surface area contributed by atoms with E-state index >= 15 is 0 Å². The highest BCUT2D eigenvalue weighted by molar-refractivity contribution is 9.10. The number of rotatable bonds is 4. The number of carbonyl (C=O) groups is 1. The van der Waals surface area contributed by atoms with Gasteiger partial charge in [-0.15, -0.1) is 0 Å². The number of amides is 1. The van der Waals surface area contributed by atoms with Crippen molar-refractivity contribution in [3.8, 4) is 5.75 Å². The van der Waals surface area contributed by atoms with E-state index < -0.39 is 0 Å². The van der Waals surface area contributed by atoms with Crippen LogP contribution in [0.5, 0.6) is 5.75 Å². The predicted octanol–water partition coefficient (Wildman–Crippen LogP) is 2.74. The third-order valence-corrected chi connectivity index (χ3v) is 3.21. The van der Waals surface area contributed by atoms with Gasteiger partial charge in [0.15, 0.2) is 6.61 Å². The van der Waals surface area contributed by atoms with Crippen LogP contribution in [0.25, 0.3) is 11.0 Å². The first-order valence-electron chi connectivity index (χ1n) is 6.18. The number of halogens is 1. The average molecular weight is 347 g/mol. The third-order valence-electron chi connectivity index (χ3n) is 2.77. The van der Waals surface area contributed by atoms with Gasteiger partial charge in [-0.2, -0.15) is 0 Å². The first-order valence-corrected chi connectivity index (χ1v) is 6.97. The van der Waals surface area contributed by atoms with Crippen LogP contribution < -0.4 is 10.1 Å². The van der Waals surface area contributed by atoms with Gasteiger partial charge in [0, 0.05) is 10.7 Å². The summed E-state index contributed by atoms with van der Waals surface area (Å²) in [6.45, 7) is -0.0983. The standard InChI is InChI=1S/C14H11BrN4O2/c15-9-4-10(6-16-5-9)21-7-13(20)19-12-3-1-2-11-14(12)18-8-17-11/h1-6,8H,7H2,(H,17,18)(H,19,20). The number of nitrogens with one attached hydrogen (secondary N) is 2. The van der Waals surface area contributed by atoms with Gasteiger partial charge in [-0.3, -0.25) is 9.78 Å². The summed E-state index contributed by atoms with van der Waals surface area (Å²) in [5.41, 5.74) is 2.23. The summed E-state index contributed by atoms with van der Waals surface area (Å²) in [4.78, 5) is 23.1. The van der Waals surface area contributed by atoms with Crippen molar-refractivity contribution in [3.63, 3.8) is 0 Å². The molecule has 0 aliphatic heterocycles. The van der Waals surface area contributed by atoms with Gasteiger partial charge in [0.05, 0.1) is 23.7 Å². The number of ether oxygens (including phenoxy) is 1. The van der Waals surface area contributed by atoms with Gasteiger partial charge in [-0.05, 0) is 34.1 Å². The van der Waals surface area contributed by atoms with Gasteiger partial charge in [0.2, 0.25) is 0 Å². The molecule has 3 rings (SSSR count). The lowest BCUT2D eigenvalue weighted by atomic mass is 10.2. The Morgan fingerprint density at radius 2 is 2.29 bits per heavy atom. The van der Waals surface area contributed by atoms with Gasteiger partial charge in [0.1, 0.15) is 11.3 Å². The Labute approximate surface area is 128 Å². The fraction of sp³-hybridized carbons (Fsp3) is 0.0714. The fourth-order valence-electron chi connectivity index (χ4n) is 1.87. The second kappa shape index (κ2) is 5.92. The Bertz CT molecular complexity index is 787. The number of carbonyl (C=O) groups excluding carboxylic acids is 1. The quantitative estimate of drug-likeness (QED) is 0.761. The Kier molecular flexibility index (Phi) is 3.83. The summed E-state index contributed by atoms with van der Waals surface area (Å²) in [5.74, 6) is 0.267. The molecule has 0 aliphatic carbocycles. The number of aromatic nitrogens is 3. The van der Waals surface area contributed by atoms with Gasteiger partial charge in [-0.25, -0.2) is 4.98 Å². The van der Waals surface area contributed by atoms with Crippen LogP contribution >= 0.6 is 15.9 Å². The number of nitrogens with zero attached hydrogens (tertiary/aromatic N) is 2. The molecule has 7 heteroatoms. The molecule has 0 atom stereocenters. The van der Waals surface area contributed by atoms with Crippen LogP contribution in [-0.2, 0) is 4.79 Å². The van der Waals surface area contributed by atoms with Crippen molar-refractivity contribution in [2.45, 2.75) is 0 Å². The highest BCUT2D eigenvalue weighted by atomic mass is 79.9. The van der Waals surface area contributed by atoms with Crippen LogP contribution in [0.2, 0.25) is 0 Å². The maximum Gasteiger partial charge on any atom is 0.262 e. The molecule has 1 aromatic carbocycles. The molecule has 0 spiro atoms. The molecule has 21 heavy (non-hydrogen) atoms. The lowest BCUT2D eigenvalue weighted by Crippen LogP contribution is -2.20. The van der Waals surface area contributed by atoms with E-state index in [9.17, 15) is 4.79 Å². The van der Waals surface area contributed by atoms with Crippen LogP contribution in [0.3, 0.4) is 0 Å². The van der Waals surface area contributed by atoms with Gasteiger partial charge in [-0.1, -0.05) is 6.07 Å². The number of anilines is 1. The topological polar surface area (TPSA) is 79.9 Å². The zero-order valence-corrected chi connectivity index (χ0v) is 12.4. The minimum Gasteiger partial charge on any atom is -0.482 e. The molecule has 0 fully saturated rings. The van der Waals surface area contributed by atoms with Crippen molar-refractivity contribution in [2.75, 3.05) is 11.9 Å². The molecule has 0 unspecified atom stereocenters.